The lowest BCUT2D eigenvalue weighted by Gasteiger charge is -2.31. The molecule has 0 N–H and O–H groups in total. The molecular formula is C26H36ClNO3. The molecule has 0 amide bonds. The minimum absolute atomic E-state index is 0. The van der Waals surface area contributed by atoms with Crippen LogP contribution in [0.5, 0.6) is 0 Å². The Kier molecular flexibility index (Phi) is 9.54. The molecule has 1 saturated carbocycles. The number of ether oxygens (including phenoxy) is 2. The summed E-state index contributed by atoms with van der Waals surface area (Å²) in [5.74, 6) is -0.128. The molecule has 1 fully saturated rings. The van der Waals surface area contributed by atoms with E-state index in [0.717, 1.165) is 30.5 Å². The maximum Gasteiger partial charge on any atom is 0.315 e. The second-order valence-electron chi connectivity index (χ2n) is 8.80. The molecule has 0 spiro atoms. The maximum atomic E-state index is 13.2. The molecular weight excluding hydrogens is 410 g/mol. The Bertz CT molecular complexity index is 783. The van der Waals surface area contributed by atoms with Gasteiger partial charge in [0.2, 0.25) is 0 Å². The van der Waals surface area contributed by atoms with Crippen LogP contribution in [-0.4, -0.2) is 36.1 Å². The molecule has 170 valence electrons. The van der Waals surface area contributed by atoms with E-state index in [-0.39, 0.29) is 24.5 Å². The van der Waals surface area contributed by atoms with Gasteiger partial charge in [-0.15, -0.1) is 12.4 Å². The van der Waals surface area contributed by atoms with Crippen molar-refractivity contribution in [3.63, 3.8) is 0 Å². The second-order valence-corrected chi connectivity index (χ2v) is 8.80. The van der Waals surface area contributed by atoms with Gasteiger partial charge >= 0.3 is 5.97 Å². The molecule has 4 nitrogen and oxygen atoms in total. The van der Waals surface area contributed by atoms with Gasteiger partial charge in [0, 0.05) is 18.6 Å². The van der Waals surface area contributed by atoms with E-state index in [9.17, 15) is 4.79 Å². The number of hydrogen-bond donors (Lipinski definition) is 0. The van der Waals surface area contributed by atoms with Crippen molar-refractivity contribution in [1.82, 2.24) is 4.90 Å². The normalized spacial score (nSPS) is 15.6. The lowest BCUT2D eigenvalue weighted by Crippen LogP contribution is -2.40. The number of rotatable bonds is 11. The number of benzene rings is 2. The van der Waals surface area contributed by atoms with Gasteiger partial charge < -0.3 is 9.47 Å². The Balaban J connectivity index is 0.00000341. The van der Waals surface area contributed by atoms with Crippen LogP contribution >= 0.6 is 12.4 Å². The number of carbonyl (C=O) groups is 1. The third-order valence-corrected chi connectivity index (χ3v) is 5.97. The Labute approximate surface area is 193 Å². The zero-order valence-corrected chi connectivity index (χ0v) is 19.9. The zero-order valence-electron chi connectivity index (χ0n) is 19.1. The number of nitrogens with zero attached hydrogens (tertiary/aromatic N) is 1. The van der Waals surface area contributed by atoms with Gasteiger partial charge in [-0.1, -0.05) is 60.7 Å². The highest BCUT2D eigenvalue weighted by molar-refractivity contribution is 5.85. The SMILES string of the molecule is CC(C)N(CCOC(=O)C1(C(OCc2ccccc2)c2ccccc2)CC1)C(C)C.Cl. The minimum atomic E-state index is -0.573. The zero-order chi connectivity index (χ0) is 21.6. The number of hydrogen-bond acceptors (Lipinski definition) is 4. The molecule has 1 atom stereocenters. The first-order chi connectivity index (χ1) is 14.4. The number of esters is 1. The molecule has 0 bridgehead atoms. The van der Waals surface area contributed by atoms with Crippen LogP contribution in [-0.2, 0) is 20.9 Å². The Morgan fingerprint density at radius 2 is 1.48 bits per heavy atom. The molecule has 0 aliphatic heterocycles. The van der Waals surface area contributed by atoms with Gasteiger partial charge in [0.25, 0.3) is 0 Å². The van der Waals surface area contributed by atoms with Crippen molar-refractivity contribution in [3.8, 4) is 0 Å². The molecule has 2 aromatic rings. The predicted octanol–water partition coefficient (Wildman–Crippen LogP) is 5.81. The highest BCUT2D eigenvalue weighted by Gasteiger charge is 2.58. The van der Waals surface area contributed by atoms with E-state index in [0.29, 0.717) is 25.3 Å². The number of carbonyl (C=O) groups excluding carboxylic acids is 1. The van der Waals surface area contributed by atoms with E-state index in [1.807, 2.05) is 60.7 Å². The fourth-order valence-corrected chi connectivity index (χ4v) is 4.16. The molecule has 1 aliphatic rings. The number of halogens is 1. The lowest BCUT2D eigenvalue weighted by molar-refractivity contribution is -0.159. The molecule has 1 aliphatic carbocycles. The van der Waals surface area contributed by atoms with Gasteiger partial charge in [-0.25, -0.2) is 0 Å². The topological polar surface area (TPSA) is 38.8 Å². The van der Waals surface area contributed by atoms with Crippen molar-refractivity contribution in [2.45, 2.75) is 65.3 Å². The molecule has 0 heterocycles. The van der Waals surface area contributed by atoms with Gasteiger partial charge in [0.1, 0.15) is 6.61 Å². The highest BCUT2D eigenvalue weighted by atomic mass is 35.5. The fraction of sp³-hybridized carbons (Fsp3) is 0.500. The monoisotopic (exact) mass is 445 g/mol. The van der Waals surface area contributed by atoms with Crippen molar-refractivity contribution in [2.75, 3.05) is 13.2 Å². The fourth-order valence-electron chi connectivity index (χ4n) is 4.16. The van der Waals surface area contributed by atoms with Gasteiger partial charge in [0.15, 0.2) is 0 Å². The summed E-state index contributed by atoms with van der Waals surface area (Å²) in [6.07, 6.45) is 1.31. The first-order valence-corrected chi connectivity index (χ1v) is 11.1. The molecule has 0 saturated heterocycles. The highest BCUT2D eigenvalue weighted by Crippen LogP contribution is 2.57. The lowest BCUT2D eigenvalue weighted by atomic mass is 9.92. The molecule has 31 heavy (non-hydrogen) atoms. The first-order valence-electron chi connectivity index (χ1n) is 11.1. The molecule has 2 aromatic carbocycles. The second kappa shape index (κ2) is 11.7. The van der Waals surface area contributed by atoms with Crippen LogP contribution in [0.4, 0.5) is 0 Å². The van der Waals surface area contributed by atoms with Gasteiger partial charge in [-0.2, -0.15) is 0 Å². The van der Waals surface area contributed by atoms with E-state index in [4.69, 9.17) is 9.47 Å². The van der Waals surface area contributed by atoms with E-state index in [1.54, 1.807) is 0 Å². The third-order valence-electron chi connectivity index (χ3n) is 5.97. The molecule has 3 rings (SSSR count). The Hall–Kier alpha value is -1.88. The first kappa shape index (κ1) is 25.4. The molecule has 5 heteroatoms. The summed E-state index contributed by atoms with van der Waals surface area (Å²) in [5.41, 5.74) is 1.57. The van der Waals surface area contributed by atoms with Gasteiger partial charge in [-0.3, -0.25) is 9.69 Å². The molecule has 1 unspecified atom stereocenters. The van der Waals surface area contributed by atoms with Crippen LogP contribution in [0.1, 0.15) is 57.8 Å². The average molecular weight is 446 g/mol. The van der Waals surface area contributed by atoms with E-state index in [2.05, 4.69) is 32.6 Å². The predicted molar refractivity (Wildman–Crippen MR) is 127 cm³/mol. The van der Waals surface area contributed by atoms with Crippen LogP contribution in [0.3, 0.4) is 0 Å². The summed E-state index contributed by atoms with van der Waals surface area (Å²) in [6.45, 7) is 10.3. The smallest absolute Gasteiger partial charge is 0.315 e. The van der Waals surface area contributed by atoms with E-state index < -0.39 is 5.41 Å². The maximum absolute atomic E-state index is 13.2. The van der Waals surface area contributed by atoms with Crippen molar-refractivity contribution >= 4 is 18.4 Å². The average Bonchev–Trinajstić information content (AvgIpc) is 3.54. The van der Waals surface area contributed by atoms with Crippen LogP contribution < -0.4 is 0 Å². The van der Waals surface area contributed by atoms with Crippen LogP contribution in [0.2, 0.25) is 0 Å². The van der Waals surface area contributed by atoms with Crippen LogP contribution in [0.25, 0.3) is 0 Å². The van der Waals surface area contributed by atoms with E-state index >= 15 is 0 Å². The summed E-state index contributed by atoms with van der Waals surface area (Å²) < 4.78 is 12.1. The largest absolute Gasteiger partial charge is 0.464 e. The summed E-state index contributed by atoms with van der Waals surface area (Å²) in [5, 5.41) is 0. The minimum Gasteiger partial charge on any atom is -0.464 e. The van der Waals surface area contributed by atoms with Crippen molar-refractivity contribution in [2.24, 2.45) is 5.41 Å². The van der Waals surface area contributed by atoms with Crippen LogP contribution in [0.15, 0.2) is 60.7 Å². The standard InChI is InChI=1S/C26H35NO3.ClH/c1-20(2)27(21(3)4)17-18-29-25(28)26(15-16-26)24(23-13-9-6-10-14-23)30-19-22-11-7-5-8-12-22;/h5-14,20-21,24H,15-19H2,1-4H3;1H. The van der Waals surface area contributed by atoms with Crippen LogP contribution in [0, 0.1) is 5.41 Å². The van der Waals surface area contributed by atoms with Gasteiger partial charge in [0.05, 0.1) is 18.1 Å². The quantitative estimate of drug-likeness (QED) is 0.409. The summed E-state index contributed by atoms with van der Waals surface area (Å²) in [4.78, 5) is 15.5. The van der Waals surface area contributed by atoms with E-state index in [1.165, 1.54) is 0 Å². The van der Waals surface area contributed by atoms with Crippen molar-refractivity contribution in [3.05, 3.63) is 71.8 Å². The summed E-state index contributed by atoms with van der Waals surface area (Å²) >= 11 is 0. The van der Waals surface area contributed by atoms with Gasteiger partial charge in [-0.05, 0) is 51.7 Å². The Morgan fingerprint density at radius 3 is 2.00 bits per heavy atom. The van der Waals surface area contributed by atoms with Crippen molar-refractivity contribution < 1.29 is 14.3 Å². The molecule has 0 radical (unpaired) electrons. The van der Waals surface area contributed by atoms with Crippen molar-refractivity contribution in [1.29, 1.82) is 0 Å². The third kappa shape index (κ3) is 6.55. The summed E-state index contributed by atoms with van der Waals surface area (Å²) in [6, 6.07) is 21.0. The Morgan fingerprint density at radius 1 is 0.935 bits per heavy atom. The summed E-state index contributed by atoms with van der Waals surface area (Å²) in [7, 11) is 0. The molecule has 0 aromatic heterocycles.